The Morgan fingerprint density at radius 1 is 1.17 bits per heavy atom. The van der Waals surface area contributed by atoms with E-state index in [9.17, 15) is 24.5 Å². The van der Waals surface area contributed by atoms with Crippen LogP contribution in [0.4, 0.5) is 10.7 Å². The number of nitrogens with zero attached hydrogens (tertiary/aromatic N) is 4. The van der Waals surface area contributed by atoms with E-state index in [0.717, 1.165) is 41.5 Å². The van der Waals surface area contributed by atoms with Crippen LogP contribution in [0.15, 0.2) is 47.6 Å². The highest BCUT2D eigenvalue weighted by Crippen LogP contribution is 2.40. The largest absolute Gasteiger partial charge is 0.495 e. The van der Waals surface area contributed by atoms with E-state index in [0.29, 0.717) is 38.5 Å². The predicted molar refractivity (Wildman–Crippen MR) is 173 cm³/mol. The van der Waals surface area contributed by atoms with Crippen molar-refractivity contribution in [1.29, 1.82) is 0 Å². The molecule has 2 amide bonds. The maximum Gasteiger partial charge on any atom is 0.341 e. The SMILES string of the molecule is CCOC(=O)c1c(NC(=O)[C@@H](C)Sc2nnc(CNC(=O)c3ccc(C)c([N+](=O)[O-])c3)n2-c2ccccc2OC)sc2c1CCC2. The van der Waals surface area contributed by atoms with E-state index in [1.165, 1.54) is 36.6 Å². The third-order valence-corrected chi connectivity index (χ3v) is 9.64. The minimum absolute atomic E-state index is 0.0731. The number of anilines is 1. The van der Waals surface area contributed by atoms with Crippen molar-refractivity contribution < 1.29 is 28.8 Å². The molecule has 2 aromatic carbocycles. The first-order chi connectivity index (χ1) is 22.1. The molecule has 46 heavy (non-hydrogen) atoms. The molecule has 4 aromatic rings. The van der Waals surface area contributed by atoms with Crippen molar-refractivity contribution in [2.24, 2.45) is 0 Å². The number of nitro benzene ring substituents is 1. The lowest BCUT2D eigenvalue weighted by molar-refractivity contribution is -0.385. The van der Waals surface area contributed by atoms with Crippen molar-refractivity contribution in [3.8, 4) is 11.4 Å². The van der Waals surface area contributed by atoms with Gasteiger partial charge in [-0.1, -0.05) is 30.0 Å². The zero-order valence-corrected chi connectivity index (χ0v) is 27.3. The highest BCUT2D eigenvalue weighted by molar-refractivity contribution is 8.00. The van der Waals surface area contributed by atoms with Gasteiger partial charge in [-0.2, -0.15) is 0 Å². The fraction of sp³-hybridized carbons (Fsp3) is 0.323. The van der Waals surface area contributed by atoms with Crippen LogP contribution in [0.1, 0.15) is 62.8 Å². The van der Waals surface area contributed by atoms with Crippen LogP contribution in [-0.4, -0.2) is 56.4 Å². The number of methoxy groups -OCH3 is 1. The average Bonchev–Trinajstić information content (AvgIpc) is 3.74. The number of nitro groups is 1. The molecular weight excluding hydrogens is 633 g/mol. The van der Waals surface area contributed by atoms with Gasteiger partial charge in [-0.05, 0) is 63.8 Å². The molecule has 0 unspecified atom stereocenters. The van der Waals surface area contributed by atoms with Crippen molar-refractivity contribution in [1.82, 2.24) is 20.1 Å². The second-order valence-electron chi connectivity index (χ2n) is 10.4. The number of hydrogen-bond donors (Lipinski definition) is 2. The molecule has 2 heterocycles. The summed E-state index contributed by atoms with van der Waals surface area (Å²) in [6.07, 6.45) is 2.58. The van der Waals surface area contributed by atoms with Gasteiger partial charge in [0.05, 0.1) is 41.7 Å². The monoisotopic (exact) mass is 664 g/mol. The standard InChI is InChI=1S/C31H32N6O7S2/c1-5-44-30(40)26-20-9-8-12-24(20)46-29(26)33-27(38)18(3)45-31-35-34-25(36(31)21-10-6-7-11-23(21)43-4)16-32-28(39)19-14-13-17(2)22(15-19)37(41)42/h6-7,10-11,13-15,18H,5,8-9,12,16H2,1-4H3,(H,32,39)(H,33,38)/t18-/m1/s1. The molecule has 1 atom stereocenters. The van der Waals surface area contributed by atoms with Crippen LogP contribution in [0.25, 0.3) is 5.69 Å². The third kappa shape index (κ3) is 6.74. The topological polar surface area (TPSA) is 168 Å². The minimum atomic E-state index is -0.666. The number of thioether (sulfide) groups is 1. The number of aromatic nitrogens is 3. The summed E-state index contributed by atoms with van der Waals surface area (Å²) in [6, 6.07) is 11.4. The van der Waals surface area contributed by atoms with Gasteiger partial charge in [-0.25, -0.2) is 4.79 Å². The second kappa shape index (κ2) is 14.1. The van der Waals surface area contributed by atoms with Crippen LogP contribution in [0.2, 0.25) is 0 Å². The Bertz CT molecular complexity index is 1820. The molecule has 1 aliphatic rings. The molecule has 240 valence electrons. The Morgan fingerprint density at radius 3 is 2.70 bits per heavy atom. The fourth-order valence-corrected chi connectivity index (χ4v) is 7.25. The fourth-order valence-electron chi connectivity index (χ4n) is 5.09. The van der Waals surface area contributed by atoms with Gasteiger partial charge >= 0.3 is 5.97 Å². The molecule has 1 aliphatic carbocycles. The second-order valence-corrected chi connectivity index (χ2v) is 12.8. The number of carbonyl (C=O) groups is 3. The number of carbonyl (C=O) groups excluding carboxylic acids is 3. The van der Waals surface area contributed by atoms with E-state index in [1.54, 1.807) is 43.5 Å². The molecule has 0 spiro atoms. The number of fused-ring (bicyclic) bond motifs is 1. The van der Waals surface area contributed by atoms with E-state index in [-0.39, 0.29) is 30.3 Å². The van der Waals surface area contributed by atoms with Gasteiger partial charge in [0.15, 0.2) is 11.0 Å². The molecular formula is C31H32N6O7S2. The van der Waals surface area contributed by atoms with Gasteiger partial charge in [-0.15, -0.1) is 21.5 Å². The third-order valence-electron chi connectivity index (χ3n) is 7.39. The number of esters is 1. The highest BCUT2D eigenvalue weighted by Gasteiger charge is 2.30. The lowest BCUT2D eigenvalue weighted by Crippen LogP contribution is -2.25. The van der Waals surface area contributed by atoms with Crippen molar-refractivity contribution in [2.75, 3.05) is 19.0 Å². The summed E-state index contributed by atoms with van der Waals surface area (Å²) in [5.74, 6) is -0.454. The van der Waals surface area contributed by atoms with Gasteiger partial charge < -0.3 is 20.1 Å². The number of thiophene rings is 1. The first-order valence-corrected chi connectivity index (χ1v) is 16.2. The van der Waals surface area contributed by atoms with E-state index in [4.69, 9.17) is 9.47 Å². The minimum Gasteiger partial charge on any atom is -0.495 e. The summed E-state index contributed by atoms with van der Waals surface area (Å²) in [7, 11) is 1.53. The number of amides is 2. The lowest BCUT2D eigenvalue weighted by Gasteiger charge is -2.16. The summed E-state index contributed by atoms with van der Waals surface area (Å²) < 4.78 is 12.6. The summed E-state index contributed by atoms with van der Waals surface area (Å²) in [5.41, 5.74) is 2.37. The van der Waals surface area contributed by atoms with Crippen molar-refractivity contribution in [3.63, 3.8) is 0 Å². The number of benzene rings is 2. The van der Waals surface area contributed by atoms with Crippen LogP contribution < -0.4 is 15.4 Å². The van der Waals surface area contributed by atoms with Gasteiger partial charge in [0.2, 0.25) is 5.91 Å². The van der Waals surface area contributed by atoms with Crippen molar-refractivity contribution in [2.45, 2.75) is 57.0 Å². The highest BCUT2D eigenvalue weighted by atomic mass is 32.2. The molecule has 2 aromatic heterocycles. The summed E-state index contributed by atoms with van der Waals surface area (Å²) in [5, 5.41) is 25.9. The number of para-hydroxylation sites is 2. The average molecular weight is 665 g/mol. The number of hydrogen-bond acceptors (Lipinski definition) is 11. The number of rotatable bonds is 12. The van der Waals surface area contributed by atoms with Crippen LogP contribution in [0.5, 0.6) is 5.75 Å². The molecule has 0 bridgehead atoms. The summed E-state index contributed by atoms with van der Waals surface area (Å²) in [6.45, 7) is 5.22. The molecule has 0 radical (unpaired) electrons. The molecule has 5 rings (SSSR count). The van der Waals surface area contributed by atoms with Crippen LogP contribution in [0, 0.1) is 17.0 Å². The molecule has 2 N–H and O–H groups in total. The van der Waals surface area contributed by atoms with Crippen LogP contribution in [0.3, 0.4) is 0 Å². The zero-order chi connectivity index (χ0) is 33.0. The Morgan fingerprint density at radius 2 is 1.96 bits per heavy atom. The zero-order valence-electron chi connectivity index (χ0n) is 25.6. The van der Waals surface area contributed by atoms with Gasteiger partial charge in [0, 0.05) is 22.1 Å². The lowest BCUT2D eigenvalue weighted by atomic mass is 10.1. The van der Waals surface area contributed by atoms with Gasteiger partial charge in [0.1, 0.15) is 10.8 Å². The number of aryl methyl sites for hydroxylation is 2. The smallest absolute Gasteiger partial charge is 0.341 e. The molecule has 0 fully saturated rings. The molecule has 0 saturated carbocycles. The van der Waals surface area contributed by atoms with Crippen molar-refractivity contribution >= 4 is 51.6 Å². The molecule has 15 heteroatoms. The summed E-state index contributed by atoms with van der Waals surface area (Å²) in [4.78, 5) is 51.2. The first kappa shape index (κ1) is 32.6. The Kier molecular flexibility index (Phi) is 10.0. The van der Waals surface area contributed by atoms with Crippen LogP contribution in [-0.2, 0) is 28.9 Å². The Balaban J connectivity index is 1.39. The maximum atomic E-state index is 13.5. The van der Waals surface area contributed by atoms with Crippen molar-refractivity contribution in [3.05, 3.63) is 85.5 Å². The normalized spacial score (nSPS) is 12.7. The van der Waals surface area contributed by atoms with E-state index >= 15 is 0 Å². The van der Waals surface area contributed by atoms with Gasteiger partial charge in [-0.3, -0.25) is 24.3 Å². The Hall–Kier alpha value is -4.76. The number of nitrogens with one attached hydrogen (secondary N) is 2. The van der Waals surface area contributed by atoms with Crippen LogP contribution >= 0.6 is 23.1 Å². The summed E-state index contributed by atoms with van der Waals surface area (Å²) >= 11 is 2.55. The van der Waals surface area contributed by atoms with E-state index in [1.807, 2.05) is 6.07 Å². The molecule has 13 nitrogen and oxygen atoms in total. The van der Waals surface area contributed by atoms with E-state index in [2.05, 4.69) is 20.8 Å². The molecule has 0 aliphatic heterocycles. The number of ether oxygens (including phenoxy) is 2. The first-order valence-electron chi connectivity index (χ1n) is 14.5. The maximum absolute atomic E-state index is 13.5. The van der Waals surface area contributed by atoms with Gasteiger partial charge in [0.25, 0.3) is 11.6 Å². The Labute approximate surface area is 272 Å². The van der Waals surface area contributed by atoms with E-state index < -0.39 is 22.0 Å². The predicted octanol–water partition coefficient (Wildman–Crippen LogP) is 5.27. The quantitative estimate of drug-likeness (QED) is 0.0881. The molecule has 0 saturated heterocycles.